The predicted molar refractivity (Wildman–Crippen MR) is 128 cm³/mol. The molecule has 1 aromatic carbocycles. The van der Waals surface area contributed by atoms with Crippen molar-refractivity contribution in [3.63, 3.8) is 0 Å². The van der Waals surface area contributed by atoms with Crippen molar-refractivity contribution in [2.75, 3.05) is 27.4 Å². The highest BCUT2D eigenvalue weighted by atomic mass is 32.2. The standard InChI is InChI=1S/C22H30N4O5S2/c1-14-10-16-11-15(6-7-18(16)26(14)32(5,28)29)21(27)23-20-12-19(22(2,3)4)24-25(20)17-8-9-33(30,31)13-17/h6-7,11-12,14,17H,8-10,13H2,1-5H3,(H,23,27). The molecule has 0 aliphatic carbocycles. The number of nitrogens with one attached hydrogen (secondary N) is 1. The average molecular weight is 495 g/mol. The number of aromatic nitrogens is 2. The minimum absolute atomic E-state index is 0.000800. The first kappa shape index (κ1) is 23.7. The van der Waals surface area contributed by atoms with E-state index >= 15 is 0 Å². The van der Waals surface area contributed by atoms with Gasteiger partial charge >= 0.3 is 0 Å². The van der Waals surface area contributed by atoms with Gasteiger partial charge in [-0.25, -0.2) is 21.5 Å². The van der Waals surface area contributed by atoms with Crippen LogP contribution in [0.25, 0.3) is 0 Å². The number of sulfonamides is 1. The highest BCUT2D eigenvalue weighted by Gasteiger charge is 2.34. The second-order valence-electron chi connectivity index (χ2n) is 10.1. The maximum atomic E-state index is 13.1. The van der Waals surface area contributed by atoms with Gasteiger partial charge in [0.1, 0.15) is 5.82 Å². The van der Waals surface area contributed by atoms with Gasteiger partial charge in [-0.3, -0.25) is 9.10 Å². The molecule has 1 fully saturated rings. The summed E-state index contributed by atoms with van der Waals surface area (Å²) in [6.45, 7) is 7.85. The van der Waals surface area contributed by atoms with Crippen LogP contribution in [0.2, 0.25) is 0 Å². The molecule has 2 unspecified atom stereocenters. The van der Waals surface area contributed by atoms with E-state index in [0.717, 1.165) is 11.3 Å². The van der Waals surface area contributed by atoms with E-state index in [0.29, 0.717) is 29.9 Å². The summed E-state index contributed by atoms with van der Waals surface area (Å²) in [6, 6.07) is 6.24. The molecular weight excluding hydrogens is 464 g/mol. The quantitative estimate of drug-likeness (QED) is 0.698. The molecular formula is C22H30N4O5S2. The summed E-state index contributed by atoms with van der Waals surface area (Å²) in [5.74, 6) is 0.207. The zero-order valence-electron chi connectivity index (χ0n) is 19.5. The van der Waals surface area contributed by atoms with Crippen LogP contribution in [0.4, 0.5) is 11.5 Å². The summed E-state index contributed by atoms with van der Waals surface area (Å²) in [5.41, 5.74) is 2.28. The zero-order chi connectivity index (χ0) is 24.3. The van der Waals surface area contributed by atoms with E-state index in [2.05, 4.69) is 10.4 Å². The lowest BCUT2D eigenvalue weighted by Crippen LogP contribution is -2.34. The number of hydrogen-bond donors (Lipinski definition) is 1. The molecule has 9 nitrogen and oxygen atoms in total. The SMILES string of the molecule is CC1Cc2cc(C(=O)Nc3cc(C(C)(C)C)nn3C3CCS(=O)(=O)C3)ccc2N1S(C)(=O)=O. The van der Waals surface area contributed by atoms with Crippen LogP contribution in [0.5, 0.6) is 0 Å². The van der Waals surface area contributed by atoms with Crippen LogP contribution >= 0.6 is 0 Å². The molecule has 1 N–H and O–H groups in total. The van der Waals surface area contributed by atoms with Crippen molar-refractivity contribution in [3.05, 3.63) is 41.1 Å². The van der Waals surface area contributed by atoms with Gasteiger partial charge in [0.25, 0.3) is 5.91 Å². The molecule has 0 radical (unpaired) electrons. The summed E-state index contributed by atoms with van der Waals surface area (Å²) in [5, 5.41) is 7.55. The van der Waals surface area contributed by atoms with E-state index in [1.165, 1.54) is 10.6 Å². The molecule has 1 amide bonds. The first-order valence-electron chi connectivity index (χ1n) is 10.9. The van der Waals surface area contributed by atoms with Crippen molar-refractivity contribution in [2.45, 2.75) is 58.0 Å². The molecule has 4 rings (SSSR count). The van der Waals surface area contributed by atoms with Crippen molar-refractivity contribution in [3.8, 4) is 0 Å². The normalized spacial score (nSPS) is 22.4. The van der Waals surface area contributed by atoms with E-state index in [4.69, 9.17) is 0 Å². The largest absolute Gasteiger partial charge is 0.307 e. The van der Waals surface area contributed by atoms with Crippen LogP contribution < -0.4 is 9.62 Å². The number of carbonyl (C=O) groups is 1. The van der Waals surface area contributed by atoms with Crippen molar-refractivity contribution < 1.29 is 21.6 Å². The molecule has 33 heavy (non-hydrogen) atoms. The number of rotatable bonds is 4. The van der Waals surface area contributed by atoms with E-state index in [1.54, 1.807) is 28.9 Å². The number of hydrogen-bond acceptors (Lipinski definition) is 6. The van der Waals surface area contributed by atoms with Crippen LogP contribution in [0.3, 0.4) is 0 Å². The predicted octanol–water partition coefficient (Wildman–Crippen LogP) is 2.50. The minimum Gasteiger partial charge on any atom is -0.307 e. The summed E-state index contributed by atoms with van der Waals surface area (Å²) >= 11 is 0. The monoisotopic (exact) mass is 494 g/mol. The first-order chi connectivity index (χ1) is 15.2. The molecule has 0 spiro atoms. The Balaban J connectivity index is 1.64. The summed E-state index contributed by atoms with van der Waals surface area (Å²) < 4.78 is 51.4. The summed E-state index contributed by atoms with van der Waals surface area (Å²) in [6.07, 6.45) is 2.15. The lowest BCUT2D eigenvalue weighted by Gasteiger charge is -2.22. The Kier molecular flexibility index (Phi) is 5.64. The molecule has 2 aromatic rings. The number of sulfone groups is 1. The van der Waals surface area contributed by atoms with Gasteiger partial charge in [-0.1, -0.05) is 20.8 Å². The van der Waals surface area contributed by atoms with Crippen LogP contribution in [0, 0.1) is 0 Å². The fourth-order valence-corrected chi connectivity index (χ4v) is 7.49. The van der Waals surface area contributed by atoms with Gasteiger partial charge in [-0.2, -0.15) is 5.10 Å². The van der Waals surface area contributed by atoms with Crippen molar-refractivity contribution in [1.29, 1.82) is 0 Å². The van der Waals surface area contributed by atoms with Crippen molar-refractivity contribution in [2.24, 2.45) is 0 Å². The lowest BCUT2D eigenvalue weighted by atomic mass is 9.92. The van der Waals surface area contributed by atoms with Gasteiger partial charge in [0.05, 0.1) is 35.2 Å². The molecule has 1 saturated heterocycles. The molecule has 3 heterocycles. The molecule has 2 aliphatic rings. The lowest BCUT2D eigenvalue weighted by molar-refractivity contribution is 0.102. The highest BCUT2D eigenvalue weighted by Crippen LogP contribution is 2.35. The van der Waals surface area contributed by atoms with E-state index in [9.17, 15) is 21.6 Å². The van der Waals surface area contributed by atoms with Gasteiger partial charge in [0.15, 0.2) is 9.84 Å². The fraction of sp³-hybridized carbons (Fsp3) is 0.545. The number of anilines is 2. The summed E-state index contributed by atoms with van der Waals surface area (Å²) in [7, 11) is -6.53. The smallest absolute Gasteiger partial charge is 0.256 e. The minimum atomic E-state index is -3.41. The van der Waals surface area contributed by atoms with E-state index in [1.807, 2.05) is 27.7 Å². The Hall–Kier alpha value is -2.40. The van der Waals surface area contributed by atoms with Gasteiger partial charge in [-0.15, -0.1) is 0 Å². The Bertz CT molecular complexity index is 1320. The maximum absolute atomic E-state index is 13.1. The van der Waals surface area contributed by atoms with Crippen LogP contribution in [0.1, 0.15) is 61.8 Å². The topological polar surface area (TPSA) is 118 Å². The van der Waals surface area contributed by atoms with Crippen molar-refractivity contribution >= 4 is 37.3 Å². The van der Waals surface area contributed by atoms with Crippen LogP contribution in [-0.2, 0) is 31.7 Å². The molecule has 2 atom stereocenters. The first-order valence-corrected chi connectivity index (χ1v) is 14.6. The molecule has 0 bridgehead atoms. The van der Waals surface area contributed by atoms with Crippen LogP contribution in [-0.4, -0.2) is 56.3 Å². The van der Waals surface area contributed by atoms with Crippen LogP contribution in [0.15, 0.2) is 24.3 Å². The second kappa shape index (κ2) is 7.83. The third-order valence-electron chi connectivity index (χ3n) is 6.15. The Labute approximate surface area is 195 Å². The number of carbonyl (C=O) groups excluding carboxylic acids is 1. The summed E-state index contributed by atoms with van der Waals surface area (Å²) in [4.78, 5) is 13.1. The average Bonchev–Trinajstić information content (AvgIpc) is 3.33. The second-order valence-corrected chi connectivity index (χ2v) is 14.2. The zero-order valence-corrected chi connectivity index (χ0v) is 21.1. The Morgan fingerprint density at radius 2 is 1.91 bits per heavy atom. The highest BCUT2D eigenvalue weighted by molar-refractivity contribution is 7.92. The van der Waals surface area contributed by atoms with Crippen molar-refractivity contribution in [1.82, 2.24) is 9.78 Å². The van der Waals surface area contributed by atoms with Gasteiger partial charge in [0.2, 0.25) is 10.0 Å². The Morgan fingerprint density at radius 1 is 1.21 bits per heavy atom. The third-order valence-corrected chi connectivity index (χ3v) is 9.17. The number of fused-ring (bicyclic) bond motifs is 1. The maximum Gasteiger partial charge on any atom is 0.256 e. The Morgan fingerprint density at radius 3 is 2.48 bits per heavy atom. The third kappa shape index (κ3) is 4.65. The molecule has 180 valence electrons. The van der Waals surface area contributed by atoms with Gasteiger partial charge in [0, 0.05) is 23.1 Å². The molecule has 11 heteroatoms. The fourth-order valence-electron chi connectivity index (χ4n) is 4.54. The molecule has 2 aliphatic heterocycles. The number of nitrogens with zero attached hydrogens (tertiary/aromatic N) is 3. The molecule has 1 aromatic heterocycles. The van der Waals surface area contributed by atoms with E-state index in [-0.39, 0.29) is 34.9 Å². The molecule has 0 saturated carbocycles. The van der Waals surface area contributed by atoms with Gasteiger partial charge in [-0.05, 0) is 43.5 Å². The number of benzene rings is 1. The van der Waals surface area contributed by atoms with Gasteiger partial charge < -0.3 is 5.32 Å². The number of amides is 1. The van der Waals surface area contributed by atoms with E-state index < -0.39 is 19.9 Å².